The molecule has 0 spiro atoms. The third kappa shape index (κ3) is 3.18. The van der Waals surface area contributed by atoms with E-state index in [1.807, 2.05) is 0 Å². The molecule has 1 unspecified atom stereocenters. The predicted molar refractivity (Wildman–Crippen MR) is 66.5 cm³/mol. The van der Waals surface area contributed by atoms with E-state index in [-0.39, 0.29) is 6.04 Å². The summed E-state index contributed by atoms with van der Waals surface area (Å²) >= 11 is 0. The molecule has 4 heteroatoms. The van der Waals surface area contributed by atoms with E-state index in [2.05, 4.69) is 12.2 Å². The zero-order valence-corrected chi connectivity index (χ0v) is 10.4. The lowest BCUT2D eigenvalue weighted by Gasteiger charge is -2.22. The summed E-state index contributed by atoms with van der Waals surface area (Å²) in [6.45, 7) is 2.05. The van der Waals surface area contributed by atoms with E-state index in [4.69, 9.17) is 0 Å². The van der Waals surface area contributed by atoms with E-state index in [9.17, 15) is 13.2 Å². The Hall–Kier alpha value is -1.19. The molecule has 1 nitrogen and oxygen atoms in total. The lowest BCUT2D eigenvalue weighted by atomic mass is 9.99. The molecule has 1 aromatic carbocycles. The Labute approximate surface area is 105 Å². The van der Waals surface area contributed by atoms with E-state index in [0.29, 0.717) is 11.6 Å². The number of rotatable bonds is 3. The normalized spacial score (nSPS) is 18.9. The molecule has 0 aromatic heterocycles. The van der Waals surface area contributed by atoms with E-state index in [1.54, 1.807) is 6.07 Å². The second-order valence-electron chi connectivity index (χ2n) is 5.06. The highest BCUT2D eigenvalue weighted by atomic mass is 19.4. The average molecular weight is 257 g/mol. The maximum absolute atomic E-state index is 12.6. The minimum Gasteiger partial charge on any atom is -0.382 e. The maximum atomic E-state index is 12.6. The lowest BCUT2D eigenvalue weighted by molar-refractivity contribution is -0.137. The molecule has 1 aliphatic rings. The van der Waals surface area contributed by atoms with Crippen molar-refractivity contribution in [2.75, 3.05) is 5.32 Å². The summed E-state index contributed by atoms with van der Waals surface area (Å²) in [6, 6.07) is 5.67. The van der Waals surface area contributed by atoms with Crippen LogP contribution in [-0.2, 0) is 6.18 Å². The molecule has 18 heavy (non-hydrogen) atoms. The zero-order chi connectivity index (χ0) is 13.2. The molecule has 1 atom stereocenters. The molecule has 0 heterocycles. The number of nitrogens with one attached hydrogen (secondary N) is 1. The molecular weight excluding hydrogens is 239 g/mol. The smallest absolute Gasteiger partial charge is 0.382 e. The number of hydrogen-bond donors (Lipinski definition) is 1. The van der Waals surface area contributed by atoms with E-state index in [0.717, 1.165) is 6.07 Å². The summed E-state index contributed by atoms with van der Waals surface area (Å²) in [5, 5.41) is 3.20. The number of alkyl halides is 3. The number of benzene rings is 1. The second-order valence-corrected chi connectivity index (χ2v) is 5.06. The van der Waals surface area contributed by atoms with Gasteiger partial charge in [0, 0.05) is 11.7 Å². The summed E-state index contributed by atoms with van der Waals surface area (Å²) in [5.74, 6) is 0.583. The summed E-state index contributed by atoms with van der Waals surface area (Å²) in [7, 11) is 0. The average Bonchev–Trinajstić information content (AvgIpc) is 2.81. The molecule has 0 amide bonds. The van der Waals surface area contributed by atoms with Crippen LogP contribution in [0.5, 0.6) is 0 Å². The Balaban J connectivity index is 2.04. The molecular formula is C14H18F3N. The highest BCUT2D eigenvalue weighted by Crippen LogP contribution is 2.32. The van der Waals surface area contributed by atoms with Gasteiger partial charge in [0.2, 0.25) is 0 Å². The van der Waals surface area contributed by atoms with Crippen LogP contribution >= 0.6 is 0 Å². The van der Waals surface area contributed by atoms with Gasteiger partial charge in [-0.05, 0) is 43.9 Å². The van der Waals surface area contributed by atoms with Crippen molar-refractivity contribution in [3.8, 4) is 0 Å². The SMILES string of the molecule is CC(Nc1cccc(C(F)(F)F)c1)C1CCCC1. The van der Waals surface area contributed by atoms with Crippen LogP contribution in [0.15, 0.2) is 24.3 Å². The molecule has 0 aliphatic heterocycles. The van der Waals surface area contributed by atoms with Crippen LogP contribution in [0.3, 0.4) is 0 Å². The first kappa shape index (κ1) is 13.2. The zero-order valence-electron chi connectivity index (χ0n) is 10.4. The minimum atomic E-state index is -4.27. The molecule has 1 saturated carbocycles. The fourth-order valence-corrected chi connectivity index (χ4v) is 2.62. The molecule has 2 rings (SSSR count). The quantitative estimate of drug-likeness (QED) is 0.827. The van der Waals surface area contributed by atoms with Gasteiger partial charge in [-0.15, -0.1) is 0 Å². The van der Waals surface area contributed by atoms with Crippen molar-refractivity contribution in [1.82, 2.24) is 0 Å². The van der Waals surface area contributed by atoms with Crippen molar-refractivity contribution in [2.24, 2.45) is 5.92 Å². The summed E-state index contributed by atoms with van der Waals surface area (Å²) < 4.78 is 37.7. The second kappa shape index (κ2) is 5.21. The molecule has 1 N–H and O–H groups in total. The number of hydrogen-bond acceptors (Lipinski definition) is 1. The van der Waals surface area contributed by atoms with E-state index >= 15 is 0 Å². The Bertz CT molecular complexity index is 394. The van der Waals surface area contributed by atoms with Gasteiger partial charge in [0.15, 0.2) is 0 Å². The van der Waals surface area contributed by atoms with Gasteiger partial charge in [-0.1, -0.05) is 18.9 Å². The van der Waals surface area contributed by atoms with Crippen molar-refractivity contribution >= 4 is 5.69 Å². The minimum absolute atomic E-state index is 0.232. The molecule has 1 aliphatic carbocycles. The topological polar surface area (TPSA) is 12.0 Å². The van der Waals surface area contributed by atoms with Gasteiger partial charge in [-0.3, -0.25) is 0 Å². The maximum Gasteiger partial charge on any atom is 0.416 e. The number of halogens is 3. The molecule has 1 fully saturated rings. The van der Waals surface area contributed by atoms with Crippen LogP contribution < -0.4 is 5.32 Å². The molecule has 0 radical (unpaired) electrons. The van der Waals surface area contributed by atoms with Crippen LogP contribution in [0.25, 0.3) is 0 Å². The Morgan fingerprint density at radius 1 is 1.22 bits per heavy atom. The standard InChI is InChI=1S/C14H18F3N/c1-10(11-5-2-3-6-11)18-13-8-4-7-12(9-13)14(15,16)17/h4,7-11,18H,2-3,5-6H2,1H3. The largest absolute Gasteiger partial charge is 0.416 e. The first-order chi connectivity index (χ1) is 8.47. The van der Waals surface area contributed by atoms with Crippen molar-refractivity contribution in [2.45, 2.75) is 44.8 Å². The predicted octanol–water partition coefficient (Wildman–Crippen LogP) is 4.70. The molecule has 0 saturated heterocycles. The highest BCUT2D eigenvalue weighted by Gasteiger charge is 2.30. The number of anilines is 1. The highest BCUT2D eigenvalue weighted by molar-refractivity contribution is 5.47. The van der Waals surface area contributed by atoms with Crippen molar-refractivity contribution in [3.63, 3.8) is 0 Å². The van der Waals surface area contributed by atoms with Gasteiger partial charge < -0.3 is 5.32 Å². The monoisotopic (exact) mass is 257 g/mol. The summed E-state index contributed by atoms with van der Waals surface area (Å²) in [5.41, 5.74) is -0.0321. The molecule has 0 bridgehead atoms. The van der Waals surface area contributed by atoms with Gasteiger partial charge in [-0.25, -0.2) is 0 Å². The van der Waals surface area contributed by atoms with Gasteiger partial charge in [0.05, 0.1) is 5.56 Å². The van der Waals surface area contributed by atoms with Crippen LogP contribution in [0.1, 0.15) is 38.2 Å². The van der Waals surface area contributed by atoms with E-state index < -0.39 is 11.7 Å². The fraction of sp³-hybridized carbons (Fsp3) is 0.571. The summed E-state index contributed by atoms with van der Waals surface area (Å²) in [4.78, 5) is 0. The first-order valence-corrected chi connectivity index (χ1v) is 6.40. The van der Waals surface area contributed by atoms with Crippen LogP contribution in [0.2, 0.25) is 0 Å². The Morgan fingerprint density at radius 2 is 1.89 bits per heavy atom. The van der Waals surface area contributed by atoms with Crippen molar-refractivity contribution < 1.29 is 13.2 Å². The van der Waals surface area contributed by atoms with Gasteiger partial charge in [0.25, 0.3) is 0 Å². The van der Waals surface area contributed by atoms with Crippen LogP contribution in [0.4, 0.5) is 18.9 Å². The third-order valence-corrected chi connectivity index (χ3v) is 3.69. The third-order valence-electron chi connectivity index (χ3n) is 3.69. The molecule has 1 aromatic rings. The van der Waals surface area contributed by atoms with E-state index in [1.165, 1.54) is 37.8 Å². The summed E-state index contributed by atoms with van der Waals surface area (Å²) in [6.07, 6.45) is 0.549. The van der Waals surface area contributed by atoms with Gasteiger partial charge in [0.1, 0.15) is 0 Å². The Kier molecular flexibility index (Phi) is 3.83. The Morgan fingerprint density at radius 3 is 2.50 bits per heavy atom. The lowest BCUT2D eigenvalue weighted by Crippen LogP contribution is -2.23. The first-order valence-electron chi connectivity index (χ1n) is 6.40. The van der Waals surface area contributed by atoms with Gasteiger partial charge in [-0.2, -0.15) is 13.2 Å². The van der Waals surface area contributed by atoms with Crippen molar-refractivity contribution in [3.05, 3.63) is 29.8 Å². The van der Waals surface area contributed by atoms with Crippen LogP contribution in [-0.4, -0.2) is 6.04 Å². The fourth-order valence-electron chi connectivity index (χ4n) is 2.62. The molecule has 100 valence electrons. The van der Waals surface area contributed by atoms with Crippen molar-refractivity contribution in [1.29, 1.82) is 0 Å². The van der Waals surface area contributed by atoms with Gasteiger partial charge >= 0.3 is 6.18 Å². The van der Waals surface area contributed by atoms with Crippen LogP contribution in [0, 0.1) is 5.92 Å².